The predicted molar refractivity (Wildman–Crippen MR) is 82.8 cm³/mol. The molecule has 0 saturated heterocycles. The van der Waals surface area contributed by atoms with Gasteiger partial charge in [-0.25, -0.2) is 0 Å². The van der Waals surface area contributed by atoms with Crippen LogP contribution in [0.1, 0.15) is 0 Å². The molecule has 0 saturated carbocycles. The van der Waals surface area contributed by atoms with Crippen molar-refractivity contribution >= 4 is 38.1 Å². The molecule has 0 fully saturated rings. The highest BCUT2D eigenvalue weighted by Gasteiger charge is 2.02. The van der Waals surface area contributed by atoms with Gasteiger partial charge in [0, 0.05) is 5.69 Å². The number of halogens is 1. The van der Waals surface area contributed by atoms with E-state index in [4.69, 9.17) is 0 Å². The summed E-state index contributed by atoms with van der Waals surface area (Å²) in [5, 5.41) is 11.9. The lowest BCUT2D eigenvalue weighted by molar-refractivity contribution is 1.07. The van der Waals surface area contributed by atoms with E-state index in [1.165, 1.54) is 22.5 Å². The Morgan fingerprint density at radius 3 is 2.16 bits per heavy atom. The number of benzene rings is 2. The Kier molecular flexibility index (Phi) is 3.57. The molecule has 1 aromatic heterocycles. The van der Waals surface area contributed by atoms with Gasteiger partial charge in [0.1, 0.15) is 0 Å². The second-order valence-corrected chi connectivity index (χ2v) is 6.18. The van der Waals surface area contributed by atoms with Crippen LogP contribution < -0.4 is 5.32 Å². The molecule has 94 valence electrons. The van der Waals surface area contributed by atoms with Crippen LogP contribution >= 0.6 is 27.3 Å². The quantitative estimate of drug-likeness (QED) is 0.755. The SMILES string of the molecule is Brc1nnc(Nc2ccc(-c3ccccc3)cc2)s1. The largest absolute Gasteiger partial charge is 0.330 e. The second kappa shape index (κ2) is 5.50. The smallest absolute Gasteiger partial charge is 0.210 e. The Balaban J connectivity index is 1.79. The molecule has 0 aliphatic carbocycles. The first-order chi connectivity index (χ1) is 9.31. The highest BCUT2D eigenvalue weighted by Crippen LogP contribution is 2.26. The lowest BCUT2D eigenvalue weighted by Crippen LogP contribution is -1.89. The van der Waals surface area contributed by atoms with Crippen molar-refractivity contribution in [3.8, 4) is 11.1 Å². The van der Waals surface area contributed by atoms with Gasteiger partial charge >= 0.3 is 0 Å². The maximum atomic E-state index is 4.00. The molecule has 19 heavy (non-hydrogen) atoms. The van der Waals surface area contributed by atoms with E-state index in [9.17, 15) is 0 Å². The first kappa shape index (κ1) is 12.3. The Bertz CT molecular complexity index is 665. The van der Waals surface area contributed by atoms with E-state index in [0.717, 1.165) is 14.7 Å². The van der Waals surface area contributed by atoms with Crippen molar-refractivity contribution in [3.05, 3.63) is 58.5 Å². The molecule has 1 heterocycles. The third kappa shape index (κ3) is 3.00. The van der Waals surface area contributed by atoms with Crippen LogP contribution in [0, 0.1) is 0 Å². The van der Waals surface area contributed by atoms with Crippen LogP contribution in [0.5, 0.6) is 0 Å². The normalized spacial score (nSPS) is 10.4. The lowest BCUT2D eigenvalue weighted by Gasteiger charge is -2.04. The molecule has 3 aromatic rings. The van der Waals surface area contributed by atoms with Gasteiger partial charge in [-0.3, -0.25) is 0 Å². The molecule has 0 aliphatic heterocycles. The van der Waals surface area contributed by atoms with Gasteiger partial charge in [-0.05, 0) is 39.2 Å². The van der Waals surface area contributed by atoms with Crippen molar-refractivity contribution in [3.63, 3.8) is 0 Å². The topological polar surface area (TPSA) is 37.8 Å². The van der Waals surface area contributed by atoms with Crippen molar-refractivity contribution in [1.29, 1.82) is 0 Å². The number of nitrogens with one attached hydrogen (secondary N) is 1. The molecule has 0 amide bonds. The van der Waals surface area contributed by atoms with E-state index in [2.05, 4.69) is 55.7 Å². The number of rotatable bonds is 3. The van der Waals surface area contributed by atoms with Crippen LogP contribution in [-0.2, 0) is 0 Å². The molecule has 2 aromatic carbocycles. The maximum Gasteiger partial charge on any atom is 0.210 e. The van der Waals surface area contributed by atoms with Crippen LogP contribution in [0.15, 0.2) is 58.5 Å². The number of nitrogens with zero attached hydrogens (tertiary/aromatic N) is 2. The number of aromatic nitrogens is 2. The van der Waals surface area contributed by atoms with Gasteiger partial charge in [0.25, 0.3) is 0 Å². The van der Waals surface area contributed by atoms with Crippen molar-refractivity contribution in [2.45, 2.75) is 0 Å². The van der Waals surface area contributed by atoms with Gasteiger partial charge in [-0.1, -0.05) is 53.8 Å². The molecule has 0 unspecified atom stereocenters. The van der Waals surface area contributed by atoms with Crippen LogP contribution in [0.2, 0.25) is 0 Å². The summed E-state index contributed by atoms with van der Waals surface area (Å²) in [5.41, 5.74) is 3.42. The predicted octanol–water partition coefficient (Wildman–Crippen LogP) is 4.71. The molecule has 0 atom stereocenters. The maximum absolute atomic E-state index is 4.00. The van der Waals surface area contributed by atoms with Crippen LogP contribution in [0.3, 0.4) is 0 Å². The summed E-state index contributed by atoms with van der Waals surface area (Å²) in [6.07, 6.45) is 0. The molecular weight excluding hydrogens is 322 g/mol. The summed E-state index contributed by atoms with van der Waals surface area (Å²) in [5.74, 6) is 0. The zero-order valence-electron chi connectivity index (χ0n) is 9.88. The fourth-order valence-electron chi connectivity index (χ4n) is 1.76. The third-order valence-electron chi connectivity index (χ3n) is 2.64. The highest BCUT2D eigenvalue weighted by molar-refractivity contribution is 9.11. The molecular formula is C14H10BrN3S. The Morgan fingerprint density at radius 2 is 1.53 bits per heavy atom. The molecule has 3 rings (SSSR count). The minimum atomic E-state index is 0.774. The van der Waals surface area contributed by atoms with E-state index in [1.807, 2.05) is 30.3 Å². The first-order valence-electron chi connectivity index (χ1n) is 5.73. The summed E-state index contributed by atoms with van der Waals surface area (Å²) < 4.78 is 0.774. The Morgan fingerprint density at radius 1 is 0.842 bits per heavy atom. The van der Waals surface area contributed by atoms with Gasteiger partial charge in [0.2, 0.25) is 5.13 Å². The van der Waals surface area contributed by atoms with Crippen molar-refractivity contribution in [2.24, 2.45) is 0 Å². The molecule has 3 nitrogen and oxygen atoms in total. The summed E-state index contributed by atoms with van der Waals surface area (Å²) in [6, 6.07) is 18.6. The minimum absolute atomic E-state index is 0.774. The van der Waals surface area contributed by atoms with Crippen LogP contribution in [0.4, 0.5) is 10.8 Å². The number of hydrogen-bond acceptors (Lipinski definition) is 4. The van der Waals surface area contributed by atoms with E-state index in [-0.39, 0.29) is 0 Å². The summed E-state index contributed by atoms with van der Waals surface area (Å²) >= 11 is 4.76. The Labute approximate surface area is 123 Å². The fourth-order valence-corrected chi connectivity index (χ4v) is 2.79. The van der Waals surface area contributed by atoms with Crippen LogP contribution in [0.25, 0.3) is 11.1 Å². The lowest BCUT2D eigenvalue weighted by atomic mass is 10.1. The van der Waals surface area contributed by atoms with Gasteiger partial charge < -0.3 is 5.32 Å². The molecule has 0 bridgehead atoms. The van der Waals surface area contributed by atoms with Crippen molar-refractivity contribution in [1.82, 2.24) is 10.2 Å². The minimum Gasteiger partial charge on any atom is -0.330 e. The molecule has 5 heteroatoms. The Hall–Kier alpha value is -1.72. The summed E-state index contributed by atoms with van der Waals surface area (Å²) in [4.78, 5) is 0. The molecule has 1 N–H and O–H groups in total. The highest BCUT2D eigenvalue weighted by atomic mass is 79.9. The third-order valence-corrected chi connectivity index (χ3v) is 3.91. The monoisotopic (exact) mass is 331 g/mol. The van der Waals surface area contributed by atoms with Crippen molar-refractivity contribution < 1.29 is 0 Å². The standard InChI is InChI=1S/C14H10BrN3S/c15-13-17-18-14(19-13)16-12-8-6-11(7-9-12)10-4-2-1-3-5-10/h1-9H,(H,16,18). The zero-order chi connectivity index (χ0) is 13.1. The number of hydrogen-bond donors (Lipinski definition) is 1. The summed E-state index contributed by atoms with van der Waals surface area (Å²) in [6.45, 7) is 0. The average Bonchev–Trinajstić information content (AvgIpc) is 2.86. The van der Waals surface area contributed by atoms with E-state index in [0.29, 0.717) is 0 Å². The number of anilines is 2. The van der Waals surface area contributed by atoms with E-state index < -0.39 is 0 Å². The van der Waals surface area contributed by atoms with Crippen LogP contribution in [-0.4, -0.2) is 10.2 Å². The van der Waals surface area contributed by atoms with Gasteiger partial charge in [-0.15, -0.1) is 10.2 Å². The van der Waals surface area contributed by atoms with Crippen molar-refractivity contribution in [2.75, 3.05) is 5.32 Å². The van der Waals surface area contributed by atoms with Gasteiger partial charge in [0.05, 0.1) is 0 Å². The van der Waals surface area contributed by atoms with E-state index >= 15 is 0 Å². The first-order valence-corrected chi connectivity index (χ1v) is 7.34. The van der Waals surface area contributed by atoms with E-state index in [1.54, 1.807) is 0 Å². The average molecular weight is 332 g/mol. The van der Waals surface area contributed by atoms with Gasteiger partial charge in [-0.2, -0.15) is 0 Å². The molecule has 0 spiro atoms. The zero-order valence-corrected chi connectivity index (χ0v) is 12.3. The summed E-state index contributed by atoms with van der Waals surface area (Å²) in [7, 11) is 0. The fraction of sp³-hybridized carbons (Fsp3) is 0. The van der Waals surface area contributed by atoms with Gasteiger partial charge in [0.15, 0.2) is 3.92 Å². The molecule has 0 radical (unpaired) electrons. The second-order valence-electron chi connectivity index (χ2n) is 3.93. The molecule has 0 aliphatic rings.